The fourth-order valence-corrected chi connectivity index (χ4v) is 1.68. The summed E-state index contributed by atoms with van der Waals surface area (Å²) in [6.45, 7) is 5.99. The molecule has 0 radical (unpaired) electrons. The zero-order chi connectivity index (χ0) is 10.8. The Bertz CT molecular complexity index is 464. The van der Waals surface area contributed by atoms with Crippen LogP contribution in [0.1, 0.15) is 32.0 Å². The van der Waals surface area contributed by atoms with E-state index in [1.807, 2.05) is 6.92 Å². The van der Waals surface area contributed by atoms with Gasteiger partial charge in [-0.25, -0.2) is 0 Å². The Hall–Kier alpha value is -1.64. The smallest absolute Gasteiger partial charge is 0.254 e. The third-order valence-corrected chi connectivity index (χ3v) is 2.41. The van der Waals surface area contributed by atoms with Crippen LogP contribution in [0.2, 0.25) is 0 Å². The predicted octanol–water partition coefficient (Wildman–Crippen LogP) is 3.06. The van der Waals surface area contributed by atoms with Gasteiger partial charge in [-0.3, -0.25) is 0 Å². The Morgan fingerprint density at radius 1 is 1.27 bits per heavy atom. The molecule has 1 aliphatic carbocycles. The van der Waals surface area contributed by atoms with Gasteiger partial charge in [0.15, 0.2) is 5.82 Å². The topological polar surface area (TPSA) is 38.9 Å². The van der Waals surface area contributed by atoms with E-state index < -0.39 is 0 Å². The maximum Gasteiger partial charge on any atom is 0.254 e. The van der Waals surface area contributed by atoms with Crippen LogP contribution in [0.25, 0.3) is 5.57 Å². The van der Waals surface area contributed by atoms with Crippen molar-refractivity contribution in [2.45, 2.75) is 27.2 Å². The van der Waals surface area contributed by atoms with Crippen LogP contribution in [0.15, 0.2) is 33.9 Å². The molecule has 0 bridgehead atoms. The third kappa shape index (κ3) is 2.06. The van der Waals surface area contributed by atoms with Crippen molar-refractivity contribution in [2.24, 2.45) is 0 Å². The number of aryl methyl sites for hydroxylation is 1. The number of hydrogen-bond acceptors (Lipinski definition) is 3. The first-order valence-corrected chi connectivity index (χ1v) is 5.02. The summed E-state index contributed by atoms with van der Waals surface area (Å²) in [6, 6.07) is 0. The normalized spacial score (nSPS) is 16.6. The molecular formula is C12H14N2O. The summed E-state index contributed by atoms with van der Waals surface area (Å²) >= 11 is 0. The van der Waals surface area contributed by atoms with E-state index in [2.05, 4.69) is 42.2 Å². The number of hydrogen-bond donors (Lipinski definition) is 0. The molecule has 0 aromatic carbocycles. The molecule has 2 rings (SSSR count). The molecule has 0 saturated heterocycles. The lowest BCUT2D eigenvalue weighted by atomic mass is 10.1. The molecule has 1 aromatic rings. The largest absolute Gasteiger partial charge is 0.334 e. The van der Waals surface area contributed by atoms with Gasteiger partial charge >= 0.3 is 0 Å². The van der Waals surface area contributed by atoms with Crippen molar-refractivity contribution in [1.82, 2.24) is 10.1 Å². The Labute approximate surface area is 89.2 Å². The highest BCUT2D eigenvalue weighted by Gasteiger charge is 2.12. The molecule has 0 atom stereocenters. The highest BCUT2D eigenvalue weighted by molar-refractivity contribution is 5.67. The van der Waals surface area contributed by atoms with E-state index in [0.717, 1.165) is 12.0 Å². The highest BCUT2D eigenvalue weighted by Crippen LogP contribution is 2.25. The van der Waals surface area contributed by atoms with Crippen molar-refractivity contribution in [3.8, 4) is 0 Å². The van der Waals surface area contributed by atoms with Crippen LogP contribution in [-0.4, -0.2) is 10.1 Å². The van der Waals surface area contributed by atoms with E-state index in [1.54, 1.807) is 0 Å². The Morgan fingerprint density at radius 3 is 2.73 bits per heavy atom. The molecule has 0 saturated carbocycles. The molecule has 0 aliphatic heterocycles. The van der Waals surface area contributed by atoms with Gasteiger partial charge in [-0.1, -0.05) is 29.0 Å². The van der Waals surface area contributed by atoms with Crippen LogP contribution in [0.4, 0.5) is 0 Å². The molecular weight excluding hydrogens is 188 g/mol. The van der Waals surface area contributed by atoms with Gasteiger partial charge in [0.05, 0.1) is 0 Å². The average molecular weight is 202 g/mol. The summed E-state index contributed by atoms with van der Waals surface area (Å²) in [5, 5.41) is 3.81. The number of aromatic nitrogens is 2. The van der Waals surface area contributed by atoms with Crippen LogP contribution in [0.5, 0.6) is 0 Å². The Balaban J connectivity index is 2.44. The van der Waals surface area contributed by atoms with E-state index in [9.17, 15) is 0 Å². The summed E-state index contributed by atoms with van der Waals surface area (Å²) in [4.78, 5) is 4.25. The van der Waals surface area contributed by atoms with E-state index >= 15 is 0 Å². The van der Waals surface area contributed by atoms with Crippen molar-refractivity contribution in [1.29, 1.82) is 0 Å². The van der Waals surface area contributed by atoms with Crippen LogP contribution in [0.3, 0.4) is 0 Å². The lowest BCUT2D eigenvalue weighted by Gasteiger charge is -2.00. The number of allylic oxidation sites excluding steroid dienone is 6. The van der Waals surface area contributed by atoms with E-state index in [-0.39, 0.29) is 0 Å². The van der Waals surface area contributed by atoms with Crippen molar-refractivity contribution < 1.29 is 4.52 Å². The number of nitrogens with zero attached hydrogens (tertiary/aromatic N) is 2. The molecule has 0 N–H and O–H groups in total. The lowest BCUT2D eigenvalue weighted by molar-refractivity contribution is 0.402. The number of rotatable bonds is 1. The Morgan fingerprint density at radius 2 is 2.07 bits per heavy atom. The van der Waals surface area contributed by atoms with E-state index in [4.69, 9.17) is 4.52 Å². The molecule has 0 amide bonds. The monoisotopic (exact) mass is 202 g/mol. The first-order valence-electron chi connectivity index (χ1n) is 5.02. The van der Waals surface area contributed by atoms with Gasteiger partial charge in [-0.2, -0.15) is 4.98 Å². The quantitative estimate of drug-likeness (QED) is 0.702. The van der Waals surface area contributed by atoms with Gasteiger partial charge < -0.3 is 4.52 Å². The molecule has 0 fully saturated rings. The zero-order valence-corrected chi connectivity index (χ0v) is 9.24. The molecule has 0 unspecified atom stereocenters. The predicted molar refractivity (Wildman–Crippen MR) is 59.1 cm³/mol. The van der Waals surface area contributed by atoms with Gasteiger partial charge in [-0.15, -0.1) is 0 Å². The van der Waals surface area contributed by atoms with Gasteiger partial charge in [0.2, 0.25) is 0 Å². The summed E-state index contributed by atoms with van der Waals surface area (Å²) in [6.07, 6.45) is 7.22. The summed E-state index contributed by atoms with van der Waals surface area (Å²) in [7, 11) is 0. The van der Waals surface area contributed by atoms with Crippen LogP contribution in [-0.2, 0) is 0 Å². The van der Waals surface area contributed by atoms with Crippen molar-refractivity contribution in [3.63, 3.8) is 0 Å². The minimum absolute atomic E-state index is 0.639. The molecule has 0 spiro atoms. The lowest BCUT2D eigenvalue weighted by Crippen LogP contribution is -1.87. The first kappa shape index (κ1) is 9.90. The molecule has 3 nitrogen and oxygen atoms in total. The molecule has 3 heteroatoms. The van der Waals surface area contributed by atoms with E-state index in [0.29, 0.717) is 11.7 Å². The standard InChI is InChI=1S/C12H14N2O/c1-8-5-4-6-11(9(2)7-8)12-13-10(3)14-15-12/h4-5,7H,6H2,1-3H3. The molecule has 1 heterocycles. The van der Waals surface area contributed by atoms with Gasteiger partial charge in [0.1, 0.15) is 0 Å². The minimum atomic E-state index is 0.639. The summed E-state index contributed by atoms with van der Waals surface area (Å²) in [5.41, 5.74) is 3.56. The molecule has 78 valence electrons. The highest BCUT2D eigenvalue weighted by atomic mass is 16.5. The van der Waals surface area contributed by atoms with E-state index in [1.165, 1.54) is 11.1 Å². The molecule has 1 aromatic heterocycles. The van der Waals surface area contributed by atoms with Crippen LogP contribution >= 0.6 is 0 Å². The Kier molecular flexibility index (Phi) is 2.54. The second-order valence-electron chi connectivity index (χ2n) is 3.80. The maximum atomic E-state index is 5.18. The second kappa shape index (κ2) is 3.85. The zero-order valence-electron chi connectivity index (χ0n) is 9.24. The fraction of sp³-hybridized carbons (Fsp3) is 0.333. The third-order valence-electron chi connectivity index (χ3n) is 2.41. The van der Waals surface area contributed by atoms with Crippen molar-refractivity contribution in [2.75, 3.05) is 0 Å². The van der Waals surface area contributed by atoms with Gasteiger partial charge in [-0.05, 0) is 32.8 Å². The molecule has 1 aliphatic rings. The van der Waals surface area contributed by atoms with Crippen molar-refractivity contribution in [3.05, 3.63) is 41.1 Å². The minimum Gasteiger partial charge on any atom is -0.334 e. The molecule has 15 heavy (non-hydrogen) atoms. The fourth-order valence-electron chi connectivity index (χ4n) is 1.68. The van der Waals surface area contributed by atoms with Gasteiger partial charge in [0, 0.05) is 5.57 Å². The van der Waals surface area contributed by atoms with Crippen molar-refractivity contribution >= 4 is 5.57 Å². The first-order chi connectivity index (χ1) is 7.16. The second-order valence-corrected chi connectivity index (χ2v) is 3.80. The summed E-state index contributed by atoms with van der Waals surface area (Å²) < 4.78 is 5.18. The SMILES string of the molecule is CC1=CC(C)=C(c2nc(C)no2)CC=C1. The van der Waals surface area contributed by atoms with Crippen LogP contribution < -0.4 is 0 Å². The maximum absolute atomic E-state index is 5.18. The van der Waals surface area contributed by atoms with Crippen LogP contribution in [0, 0.1) is 6.92 Å². The average Bonchev–Trinajstić information content (AvgIpc) is 2.51. The van der Waals surface area contributed by atoms with Gasteiger partial charge in [0.25, 0.3) is 5.89 Å². The summed E-state index contributed by atoms with van der Waals surface area (Å²) in [5.74, 6) is 1.32.